The Bertz CT molecular complexity index is 982. The third kappa shape index (κ3) is 2.77. The first kappa shape index (κ1) is 18.5. The monoisotopic (exact) mass is 378 g/mol. The summed E-state index contributed by atoms with van der Waals surface area (Å²) in [6, 6.07) is 8.37. The molecule has 4 rings (SSSR count). The fourth-order valence-corrected chi connectivity index (χ4v) is 4.71. The van der Waals surface area contributed by atoms with Gasteiger partial charge in [-0.3, -0.25) is 9.59 Å². The Balaban J connectivity index is 1.88. The molecule has 2 aromatic carbocycles. The summed E-state index contributed by atoms with van der Waals surface area (Å²) in [6.07, 6.45) is 1.71. The van der Waals surface area contributed by atoms with E-state index in [-0.39, 0.29) is 28.4 Å². The second kappa shape index (κ2) is 6.36. The average Bonchev–Trinajstić information content (AvgIpc) is 2.94. The summed E-state index contributed by atoms with van der Waals surface area (Å²) >= 11 is 0. The molecule has 0 amide bonds. The maximum atomic E-state index is 13.3. The molecule has 0 aromatic heterocycles. The summed E-state index contributed by atoms with van der Waals surface area (Å²) in [5.74, 6) is 0.168. The fourth-order valence-electron chi connectivity index (χ4n) is 4.71. The lowest BCUT2D eigenvalue weighted by Gasteiger charge is -2.34. The van der Waals surface area contributed by atoms with E-state index in [1.54, 1.807) is 30.3 Å². The van der Waals surface area contributed by atoms with Crippen LogP contribution in [0.25, 0.3) is 0 Å². The zero-order chi connectivity index (χ0) is 20.2. The first-order valence-electron chi connectivity index (χ1n) is 9.87. The third-order valence-electron chi connectivity index (χ3n) is 5.43. The van der Waals surface area contributed by atoms with Crippen molar-refractivity contribution in [1.29, 1.82) is 0 Å². The molecular weight excluding hydrogens is 352 g/mol. The molecule has 5 heteroatoms. The van der Waals surface area contributed by atoms with Crippen LogP contribution in [-0.4, -0.2) is 22.3 Å². The van der Waals surface area contributed by atoms with Crippen LogP contribution in [0.5, 0.6) is 5.75 Å². The fraction of sp³-hybridized carbons (Fsp3) is 0.391. The highest BCUT2D eigenvalue weighted by molar-refractivity contribution is 6.32. The number of rotatable bonds is 4. The molecule has 0 fully saturated rings. The van der Waals surface area contributed by atoms with Crippen molar-refractivity contribution in [2.45, 2.75) is 46.2 Å². The van der Waals surface area contributed by atoms with Crippen molar-refractivity contribution in [3.8, 4) is 5.75 Å². The van der Waals surface area contributed by atoms with Gasteiger partial charge in [0.05, 0.1) is 22.5 Å². The number of fused-ring (bicyclic) bond motifs is 4. The molecule has 0 saturated heterocycles. The Morgan fingerprint density at radius 1 is 0.893 bits per heavy atom. The second-order valence-corrected chi connectivity index (χ2v) is 8.80. The predicted molar refractivity (Wildman–Crippen MR) is 110 cm³/mol. The number of carbonyl (C=O) groups excluding carboxylic acids is 2. The van der Waals surface area contributed by atoms with Crippen LogP contribution < -0.4 is 10.6 Å². The highest BCUT2D eigenvalue weighted by Gasteiger charge is 2.43. The minimum absolute atomic E-state index is 0.0987. The van der Waals surface area contributed by atoms with Gasteiger partial charge < -0.3 is 15.7 Å². The molecule has 0 saturated carbocycles. The van der Waals surface area contributed by atoms with Gasteiger partial charge in [0.25, 0.3) is 0 Å². The van der Waals surface area contributed by atoms with Gasteiger partial charge in [0.1, 0.15) is 11.4 Å². The molecule has 0 unspecified atom stereocenters. The van der Waals surface area contributed by atoms with Crippen LogP contribution in [0.1, 0.15) is 72.4 Å². The Hall–Kier alpha value is -2.82. The van der Waals surface area contributed by atoms with Crippen molar-refractivity contribution in [3.05, 3.63) is 52.6 Å². The first-order valence-corrected chi connectivity index (χ1v) is 9.87. The van der Waals surface area contributed by atoms with Crippen molar-refractivity contribution in [2.24, 2.45) is 11.8 Å². The summed E-state index contributed by atoms with van der Waals surface area (Å²) in [6.45, 7) is 8.64. The minimum atomic E-state index is -0.410. The van der Waals surface area contributed by atoms with Crippen LogP contribution >= 0.6 is 0 Å². The summed E-state index contributed by atoms with van der Waals surface area (Å²) in [4.78, 5) is 26.3. The molecule has 3 N–H and O–H groups in total. The normalized spacial score (nSPS) is 16.5. The van der Waals surface area contributed by atoms with Crippen LogP contribution in [0, 0.1) is 11.8 Å². The van der Waals surface area contributed by atoms with Gasteiger partial charge in [0.15, 0.2) is 11.6 Å². The summed E-state index contributed by atoms with van der Waals surface area (Å²) in [7, 11) is 0. The van der Waals surface area contributed by atoms with Gasteiger partial charge in [-0.05, 0) is 24.7 Å². The number of aromatic hydroxyl groups is 1. The van der Waals surface area contributed by atoms with Crippen LogP contribution in [0.2, 0.25) is 0 Å². The Morgan fingerprint density at radius 3 is 1.96 bits per heavy atom. The number of phenolic OH excluding ortho intramolecular Hbond substituents is 1. The molecule has 0 spiro atoms. The number of anilines is 2. The highest BCUT2D eigenvalue weighted by atomic mass is 16.3. The first-order chi connectivity index (χ1) is 13.2. The van der Waals surface area contributed by atoms with Gasteiger partial charge in [0, 0.05) is 17.2 Å². The lowest BCUT2D eigenvalue weighted by molar-refractivity contribution is 0.0977. The van der Waals surface area contributed by atoms with E-state index in [0.29, 0.717) is 34.3 Å². The van der Waals surface area contributed by atoms with E-state index < -0.39 is 5.66 Å². The third-order valence-corrected chi connectivity index (χ3v) is 5.43. The van der Waals surface area contributed by atoms with Gasteiger partial charge >= 0.3 is 0 Å². The largest absolute Gasteiger partial charge is 0.507 e. The molecule has 0 bridgehead atoms. The van der Waals surface area contributed by atoms with Gasteiger partial charge in [-0.25, -0.2) is 0 Å². The molecule has 0 atom stereocenters. The molecule has 146 valence electrons. The highest BCUT2D eigenvalue weighted by Crippen LogP contribution is 2.48. The van der Waals surface area contributed by atoms with Crippen LogP contribution in [0.3, 0.4) is 0 Å². The van der Waals surface area contributed by atoms with E-state index in [0.717, 1.165) is 12.8 Å². The lowest BCUT2D eigenvalue weighted by Crippen LogP contribution is -2.44. The van der Waals surface area contributed by atoms with E-state index in [2.05, 4.69) is 38.3 Å². The molecule has 0 radical (unpaired) electrons. The van der Waals surface area contributed by atoms with E-state index >= 15 is 0 Å². The Morgan fingerprint density at radius 2 is 1.43 bits per heavy atom. The van der Waals surface area contributed by atoms with Gasteiger partial charge in [-0.15, -0.1) is 0 Å². The zero-order valence-corrected chi connectivity index (χ0v) is 16.7. The molecule has 1 heterocycles. The number of nitrogens with one attached hydrogen (secondary N) is 2. The van der Waals surface area contributed by atoms with E-state index in [4.69, 9.17) is 0 Å². The quantitative estimate of drug-likeness (QED) is 0.569. The predicted octanol–water partition coefficient (Wildman–Crippen LogP) is 4.79. The topological polar surface area (TPSA) is 78.4 Å². The number of hydrogen-bond donors (Lipinski definition) is 3. The molecular formula is C23H26N2O3. The van der Waals surface area contributed by atoms with Gasteiger partial charge in [0.2, 0.25) is 0 Å². The van der Waals surface area contributed by atoms with Crippen molar-refractivity contribution in [2.75, 3.05) is 10.6 Å². The van der Waals surface area contributed by atoms with Gasteiger partial charge in [-0.2, -0.15) is 0 Å². The number of hydrogen-bond acceptors (Lipinski definition) is 5. The molecule has 28 heavy (non-hydrogen) atoms. The van der Waals surface area contributed by atoms with Gasteiger partial charge in [-0.1, -0.05) is 52.0 Å². The SMILES string of the molecule is CC(C)CC1(CC(C)C)Nc2cc(O)c3c(c2N1)C(=O)c1ccccc1C3=O. The Labute approximate surface area is 165 Å². The van der Waals surface area contributed by atoms with Crippen molar-refractivity contribution >= 4 is 22.9 Å². The van der Waals surface area contributed by atoms with Crippen LogP contribution in [0.15, 0.2) is 30.3 Å². The molecule has 2 aliphatic rings. The average molecular weight is 378 g/mol. The summed E-state index contributed by atoms with van der Waals surface area (Å²) in [5.41, 5.74) is 2.01. The molecule has 2 aromatic rings. The van der Waals surface area contributed by atoms with E-state index in [1.807, 2.05) is 0 Å². The number of benzene rings is 2. The molecule has 5 nitrogen and oxygen atoms in total. The number of ketones is 2. The van der Waals surface area contributed by atoms with Crippen LogP contribution in [-0.2, 0) is 0 Å². The standard InChI is InChI=1S/C23H26N2O3/c1-12(2)10-23(11-13(3)4)24-16-9-17(26)18-19(20(16)25-23)22(28)15-8-6-5-7-14(15)21(18)27/h5-9,12-13,24-26H,10-11H2,1-4H3. The lowest BCUT2D eigenvalue weighted by atomic mass is 9.82. The molecule has 1 aliphatic heterocycles. The van der Waals surface area contributed by atoms with Crippen molar-refractivity contribution < 1.29 is 14.7 Å². The Kier molecular flexibility index (Phi) is 4.21. The number of phenols is 1. The molecule has 1 aliphatic carbocycles. The van der Waals surface area contributed by atoms with Crippen LogP contribution in [0.4, 0.5) is 11.4 Å². The summed E-state index contributed by atoms with van der Waals surface area (Å²) in [5, 5.41) is 17.7. The van der Waals surface area contributed by atoms with Crippen molar-refractivity contribution in [1.82, 2.24) is 0 Å². The maximum absolute atomic E-state index is 13.3. The van der Waals surface area contributed by atoms with E-state index in [9.17, 15) is 14.7 Å². The van der Waals surface area contributed by atoms with E-state index in [1.165, 1.54) is 0 Å². The minimum Gasteiger partial charge on any atom is -0.507 e. The summed E-state index contributed by atoms with van der Waals surface area (Å²) < 4.78 is 0. The smallest absolute Gasteiger partial charge is 0.198 e. The number of carbonyl (C=O) groups is 2. The van der Waals surface area contributed by atoms with Crippen molar-refractivity contribution in [3.63, 3.8) is 0 Å². The maximum Gasteiger partial charge on any atom is 0.198 e. The second-order valence-electron chi connectivity index (χ2n) is 8.80. The zero-order valence-electron chi connectivity index (χ0n) is 16.7.